The monoisotopic (exact) mass is 537 g/mol. The SMILES string of the molecule is CC.Cc1c(F)c(P)c(F)c(F)c1CC(=O)Nc1nc2c(nc1-c1ccc(O)cc1)-c1ccccc1CC2. The number of carbonyl (C=O) groups is 1. The van der Waals surface area contributed by atoms with Crippen LogP contribution in [-0.2, 0) is 24.1 Å². The Kier molecular flexibility index (Phi) is 8.12. The molecule has 5 nitrogen and oxygen atoms in total. The smallest absolute Gasteiger partial charge is 0.230 e. The third-order valence-corrected chi connectivity index (χ3v) is 6.83. The molecule has 1 aromatic heterocycles. The van der Waals surface area contributed by atoms with E-state index in [-0.39, 0.29) is 22.7 Å². The van der Waals surface area contributed by atoms with Crippen molar-refractivity contribution in [3.05, 3.63) is 88.4 Å². The van der Waals surface area contributed by atoms with E-state index in [1.165, 1.54) is 19.1 Å². The zero-order valence-electron chi connectivity index (χ0n) is 21.2. The van der Waals surface area contributed by atoms with Gasteiger partial charge in [-0.15, -0.1) is 0 Å². The molecule has 1 amide bonds. The molecule has 196 valence electrons. The van der Waals surface area contributed by atoms with Crippen molar-refractivity contribution in [3.63, 3.8) is 0 Å². The number of hydrogen-bond acceptors (Lipinski definition) is 4. The number of aromatic hydroxyl groups is 1. The molecule has 0 radical (unpaired) electrons. The van der Waals surface area contributed by atoms with Crippen LogP contribution in [0.3, 0.4) is 0 Å². The van der Waals surface area contributed by atoms with Crippen molar-refractivity contribution in [3.8, 4) is 28.3 Å². The van der Waals surface area contributed by atoms with Crippen LogP contribution in [0, 0.1) is 24.4 Å². The van der Waals surface area contributed by atoms with Gasteiger partial charge in [-0.25, -0.2) is 23.1 Å². The molecule has 3 aromatic carbocycles. The van der Waals surface area contributed by atoms with Gasteiger partial charge in [0, 0.05) is 22.0 Å². The quantitative estimate of drug-likeness (QED) is 0.246. The fraction of sp³-hybridized carbons (Fsp3) is 0.207. The summed E-state index contributed by atoms with van der Waals surface area (Å²) in [6, 6.07) is 14.1. The number of fused-ring (bicyclic) bond motifs is 3. The lowest BCUT2D eigenvalue weighted by Gasteiger charge is -2.21. The van der Waals surface area contributed by atoms with Gasteiger partial charge in [0.05, 0.1) is 17.8 Å². The molecule has 1 heterocycles. The van der Waals surface area contributed by atoms with Crippen molar-refractivity contribution in [1.82, 2.24) is 9.97 Å². The summed E-state index contributed by atoms with van der Waals surface area (Å²) in [6.45, 7) is 5.30. The molecule has 5 rings (SSSR count). The minimum atomic E-state index is -1.34. The normalized spacial score (nSPS) is 11.7. The van der Waals surface area contributed by atoms with Crippen LogP contribution >= 0.6 is 9.24 Å². The molecule has 0 fully saturated rings. The highest BCUT2D eigenvalue weighted by Gasteiger charge is 2.25. The van der Waals surface area contributed by atoms with E-state index in [2.05, 4.69) is 10.3 Å². The van der Waals surface area contributed by atoms with Crippen LogP contribution in [0.25, 0.3) is 22.5 Å². The number of phenolic OH excluding ortho intramolecular Hbond substituents is 1. The largest absolute Gasteiger partial charge is 0.508 e. The first-order valence-corrected chi connectivity index (χ1v) is 12.8. The molecule has 0 aliphatic heterocycles. The first-order valence-electron chi connectivity index (χ1n) is 12.2. The van der Waals surface area contributed by atoms with E-state index in [1.54, 1.807) is 12.1 Å². The Morgan fingerprint density at radius 2 is 1.63 bits per heavy atom. The summed E-state index contributed by atoms with van der Waals surface area (Å²) in [5, 5.41) is 11.9. The molecule has 1 atom stereocenters. The van der Waals surface area contributed by atoms with Gasteiger partial charge in [0.15, 0.2) is 17.5 Å². The van der Waals surface area contributed by atoms with Crippen LogP contribution in [0.15, 0.2) is 48.5 Å². The second-order valence-electron chi connectivity index (χ2n) is 8.60. The second-order valence-corrected chi connectivity index (χ2v) is 9.18. The Balaban J connectivity index is 0.00000164. The number of aromatic nitrogens is 2. The molecule has 0 spiro atoms. The first kappa shape index (κ1) is 27.3. The van der Waals surface area contributed by atoms with Crippen LogP contribution in [0.2, 0.25) is 0 Å². The molecular weight excluding hydrogens is 510 g/mol. The van der Waals surface area contributed by atoms with Crippen molar-refractivity contribution in [2.24, 2.45) is 0 Å². The van der Waals surface area contributed by atoms with Gasteiger partial charge in [-0.2, -0.15) is 0 Å². The van der Waals surface area contributed by atoms with Crippen molar-refractivity contribution in [2.75, 3.05) is 5.32 Å². The maximum Gasteiger partial charge on any atom is 0.230 e. The highest BCUT2D eigenvalue weighted by molar-refractivity contribution is 7.27. The zero-order chi connectivity index (χ0) is 27.6. The van der Waals surface area contributed by atoms with Gasteiger partial charge in [-0.05, 0) is 55.2 Å². The maximum absolute atomic E-state index is 14.6. The van der Waals surface area contributed by atoms with Gasteiger partial charge in [-0.1, -0.05) is 47.4 Å². The first-order chi connectivity index (χ1) is 18.2. The third kappa shape index (κ3) is 5.14. The minimum absolute atomic E-state index is 0.0631. The lowest BCUT2D eigenvalue weighted by molar-refractivity contribution is -0.115. The van der Waals surface area contributed by atoms with Crippen LogP contribution in [0.1, 0.15) is 36.2 Å². The number of carbonyl (C=O) groups excluding carboxylic acids is 1. The standard InChI is InChI=1S/C27H21F3N3O2P.C2H6/c1-13-18(22(29)23(30)26(36)21(13)28)12-20(35)32-27-24(15-6-9-16(34)10-7-15)33-25-17-5-3-2-4-14(17)8-11-19(25)31-27;1-2/h2-7,9-10,34H,8,11-12,36H2,1H3,(H,31,32,35);1-2H3. The van der Waals surface area contributed by atoms with Crippen LogP contribution in [-0.4, -0.2) is 21.0 Å². The predicted octanol–water partition coefficient (Wildman–Crippen LogP) is 6.05. The number of nitrogens with zero attached hydrogens (tertiary/aromatic N) is 2. The van der Waals surface area contributed by atoms with Gasteiger partial charge >= 0.3 is 0 Å². The van der Waals surface area contributed by atoms with Gasteiger partial charge in [0.25, 0.3) is 0 Å². The third-order valence-electron chi connectivity index (χ3n) is 6.32. The number of rotatable bonds is 4. The summed E-state index contributed by atoms with van der Waals surface area (Å²) in [4.78, 5) is 22.5. The van der Waals surface area contributed by atoms with E-state index < -0.39 is 35.1 Å². The highest BCUT2D eigenvalue weighted by atomic mass is 31.0. The molecule has 2 N–H and O–H groups in total. The number of phenols is 1. The molecule has 4 aromatic rings. The zero-order valence-corrected chi connectivity index (χ0v) is 22.4. The molecule has 1 unspecified atom stereocenters. The Bertz CT molecular complexity index is 1500. The average Bonchev–Trinajstić information content (AvgIpc) is 2.94. The lowest BCUT2D eigenvalue weighted by atomic mass is 9.91. The molecule has 0 saturated carbocycles. The van der Waals surface area contributed by atoms with Crippen LogP contribution in [0.4, 0.5) is 19.0 Å². The molecule has 1 aliphatic rings. The van der Waals surface area contributed by atoms with Gasteiger partial charge < -0.3 is 10.4 Å². The number of amides is 1. The summed E-state index contributed by atoms with van der Waals surface area (Å²) in [5.41, 5.74) is 3.92. The van der Waals surface area contributed by atoms with E-state index in [9.17, 15) is 23.1 Å². The fourth-order valence-electron chi connectivity index (χ4n) is 4.38. The number of aryl methyl sites for hydroxylation is 2. The van der Waals surface area contributed by atoms with Gasteiger partial charge in [0.1, 0.15) is 17.3 Å². The summed E-state index contributed by atoms with van der Waals surface area (Å²) in [5.74, 6) is -4.01. The maximum atomic E-state index is 14.6. The molecular formula is C29H27F3N3O2P. The second kappa shape index (κ2) is 11.3. The molecule has 0 bridgehead atoms. The molecule has 38 heavy (non-hydrogen) atoms. The van der Waals surface area contributed by atoms with Crippen molar-refractivity contribution < 1.29 is 23.1 Å². The average molecular weight is 538 g/mol. The Morgan fingerprint density at radius 3 is 2.34 bits per heavy atom. The predicted molar refractivity (Wildman–Crippen MR) is 146 cm³/mol. The van der Waals surface area contributed by atoms with Crippen LogP contribution in [0.5, 0.6) is 5.75 Å². The fourth-order valence-corrected chi connectivity index (χ4v) is 4.73. The number of nitrogens with one attached hydrogen (secondary N) is 1. The minimum Gasteiger partial charge on any atom is -0.508 e. The highest BCUT2D eigenvalue weighted by Crippen LogP contribution is 2.36. The van der Waals surface area contributed by atoms with E-state index in [0.717, 1.165) is 17.5 Å². The van der Waals surface area contributed by atoms with Crippen molar-refractivity contribution in [2.45, 2.75) is 40.0 Å². The number of anilines is 1. The molecule has 9 heteroatoms. The number of hydrogen-bond donors (Lipinski definition) is 2. The Morgan fingerprint density at radius 1 is 0.947 bits per heavy atom. The summed E-state index contributed by atoms with van der Waals surface area (Å²) >= 11 is 0. The van der Waals surface area contributed by atoms with E-state index in [4.69, 9.17) is 4.98 Å². The Labute approximate surface area is 221 Å². The lowest BCUT2D eigenvalue weighted by Crippen LogP contribution is -2.22. The molecule has 1 aliphatic carbocycles. The number of benzene rings is 3. The van der Waals surface area contributed by atoms with E-state index in [1.807, 2.05) is 47.4 Å². The topological polar surface area (TPSA) is 75.1 Å². The van der Waals surface area contributed by atoms with Crippen molar-refractivity contribution >= 4 is 26.3 Å². The summed E-state index contributed by atoms with van der Waals surface area (Å²) < 4.78 is 43.0. The van der Waals surface area contributed by atoms with Gasteiger partial charge in [-0.3, -0.25) is 4.79 Å². The van der Waals surface area contributed by atoms with E-state index >= 15 is 0 Å². The van der Waals surface area contributed by atoms with Gasteiger partial charge in [0.2, 0.25) is 5.91 Å². The summed E-state index contributed by atoms with van der Waals surface area (Å²) in [7, 11) is 1.84. The number of halogens is 3. The van der Waals surface area contributed by atoms with E-state index in [0.29, 0.717) is 29.1 Å². The van der Waals surface area contributed by atoms with Crippen LogP contribution < -0.4 is 10.6 Å². The van der Waals surface area contributed by atoms with Crippen molar-refractivity contribution in [1.29, 1.82) is 0 Å². The molecule has 0 saturated heterocycles. The Hall–Kier alpha value is -3.77. The summed E-state index contributed by atoms with van der Waals surface area (Å²) in [6.07, 6.45) is 0.777.